The van der Waals surface area contributed by atoms with E-state index in [0.717, 1.165) is 5.69 Å². The van der Waals surface area contributed by atoms with Crippen molar-refractivity contribution in [1.82, 2.24) is 9.78 Å². The number of nitrogens with zero attached hydrogens (tertiary/aromatic N) is 2. The molecule has 0 unspecified atom stereocenters. The molecule has 4 nitrogen and oxygen atoms in total. The molecule has 0 radical (unpaired) electrons. The summed E-state index contributed by atoms with van der Waals surface area (Å²) in [5.74, 6) is 0.497. The van der Waals surface area contributed by atoms with Crippen molar-refractivity contribution in [2.45, 2.75) is 6.92 Å². The van der Waals surface area contributed by atoms with Gasteiger partial charge in [-0.15, -0.1) is 0 Å². The average molecular weight is 216 g/mol. The summed E-state index contributed by atoms with van der Waals surface area (Å²) in [5.41, 5.74) is 0.813. The fourth-order valence-electron chi connectivity index (χ4n) is 1.28. The maximum atomic E-state index is 11.6. The summed E-state index contributed by atoms with van der Waals surface area (Å²) >= 11 is 0. The topological polar surface area (TPSA) is 44.1 Å². The lowest BCUT2D eigenvalue weighted by Crippen LogP contribution is -2.19. The number of carbonyl (C=O) groups is 1. The number of para-hydroxylation sites is 1. The summed E-state index contributed by atoms with van der Waals surface area (Å²) in [5, 5.41) is 4.01. The van der Waals surface area contributed by atoms with Gasteiger partial charge in [0.15, 0.2) is 6.61 Å². The van der Waals surface area contributed by atoms with E-state index < -0.39 is 0 Å². The molecule has 0 spiro atoms. The molecule has 0 amide bonds. The molecule has 16 heavy (non-hydrogen) atoms. The lowest BCUT2D eigenvalue weighted by Gasteiger charge is -2.04. The molecular formula is C12H12N2O2. The quantitative estimate of drug-likeness (QED) is 0.787. The molecule has 2 rings (SSSR count). The molecular weight excluding hydrogens is 204 g/mol. The van der Waals surface area contributed by atoms with E-state index in [2.05, 4.69) is 5.10 Å². The van der Waals surface area contributed by atoms with Crippen LogP contribution in [0, 0.1) is 6.92 Å². The number of benzene rings is 1. The van der Waals surface area contributed by atoms with Gasteiger partial charge in [0.2, 0.25) is 0 Å². The lowest BCUT2D eigenvalue weighted by molar-refractivity contribution is 0.0820. The van der Waals surface area contributed by atoms with Gasteiger partial charge in [0.05, 0.1) is 5.69 Å². The largest absolute Gasteiger partial charge is 0.484 e. The second kappa shape index (κ2) is 4.61. The zero-order chi connectivity index (χ0) is 11.4. The molecule has 0 aliphatic heterocycles. The van der Waals surface area contributed by atoms with Crippen LogP contribution in [0.15, 0.2) is 42.6 Å². The second-order valence-corrected chi connectivity index (χ2v) is 3.40. The van der Waals surface area contributed by atoms with Crippen LogP contribution in [0.3, 0.4) is 0 Å². The van der Waals surface area contributed by atoms with Crippen LogP contribution in [0.4, 0.5) is 0 Å². The summed E-state index contributed by atoms with van der Waals surface area (Å²) in [6, 6.07) is 11.0. The maximum Gasteiger partial charge on any atom is 0.284 e. The lowest BCUT2D eigenvalue weighted by atomic mass is 10.3. The highest BCUT2D eigenvalue weighted by Gasteiger charge is 2.06. The van der Waals surface area contributed by atoms with E-state index >= 15 is 0 Å². The Hall–Kier alpha value is -2.10. The highest BCUT2D eigenvalue weighted by Crippen LogP contribution is 2.08. The Morgan fingerprint density at radius 1 is 1.31 bits per heavy atom. The van der Waals surface area contributed by atoms with Gasteiger partial charge in [-0.3, -0.25) is 4.79 Å². The Labute approximate surface area is 93.5 Å². The Morgan fingerprint density at radius 3 is 2.69 bits per heavy atom. The minimum absolute atomic E-state index is 0.00880. The van der Waals surface area contributed by atoms with E-state index in [1.54, 1.807) is 12.3 Å². The van der Waals surface area contributed by atoms with Gasteiger partial charge in [-0.1, -0.05) is 18.2 Å². The van der Waals surface area contributed by atoms with E-state index in [-0.39, 0.29) is 12.5 Å². The van der Waals surface area contributed by atoms with Gasteiger partial charge in [-0.2, -0.15) is 5.10 Å². The number of aromatic nitrogens is 2. The number of rotatable bonds is 3. The highest BCUT2D eigenvalue weighted by molar-refractivity contribution is 5.79. The smallest absolute Gasteiger partial charge is 0.284 e. The molecule has 0 atom stereocenters. The number of carbonyl (C=O) groups excluding carboxylic acids is 1. The van der Waals surface area contributed by atoms with Gasteiger partial charge in [0.1, 0.15) is 5.75 Å². The highest BCUT2D eigenvalue weighted by atomic mass is 16.5. The fourth-order valence-corrected chi connectivity index (χ4v) is 1.28. The molecule has 1 heterocycles. The Bertz CT molecular complexity index is 477. The van der Waals surface area contributed by atoms with Crippen LogP contribution in [0.1, 0.15) is 10.5 Å². The number of hydrogen-bond acceptors (Lipinski definition) is 3. The van der Waals surface area contributed by atoms with Crippen molar-refractivity contribution in [2.75, 3.05) is 6.61 Å². The van der Waals surface area contributed by atoms with Crippen LogP contribution in [-0.4, -0.2) is 22.3 Å². The molecule has 0 bridgehead atoms. The van der Waals surface area contributed by atoms with Crippen LogP contribution in [0.5, 0.6) is 5.75 Å². The van der Waals surface area contributed by atoms with Gasteiger partial charge < -0.3 is 4.74 Å². The van der Waals surface area contributed by atoms with Gasteiger partial charge in [0.25, 0.3) is 5.91 Å². The monoisotopic (exact) mass is 216 g/mol. The van der Waals surface area contributed by atoms with Crippen molar-refractivity contribution in [3.8, 4) is 5.75 Å². The van der Waals surface area contributed by atoms with Crippen molar-refractivity contribution < 1.29 is 9.53 Å². The van der Waals surface area contributed by atoms with Gasteiger partial charge in [0, 0.05) is 6.20 Å². The third-order valence-corrected chi connectivity index (χ3v) is 2.08. The van der Waals surface area contributed by atoms with E-state index in [4.69, 9.17) is 4.74 Å². The summed E-state index contributed by atoms with van der Waals surface area (Å²) < 4.78 is 6.61. The van der Waals surface area contributed by atoms with Crippen LogP contribution in [0.2, 0.25) is 0 Å². The zero-order valence-corrected chi connectivity index (χ0v) is 8.96. The molecule has 1 aromatic carbocycles. The van der Waals surface area contributed by atoms with Gasteiger partial charge in [-0.25, -0.2) is 4.68 Å². The molecule has 0 fully saturated rings. The first-order valence-electron chi connectivity index (χ1n) is 4.99. The Balaban J connectivity index is 1.94. The van der Waals surface area contributed by atoms with Crippen molar-refractivity contribution in [3.63, 3.8) is 0 Å². The molecule has 82 valence electrons. The Morgan fingerprint density at radius 2 is 2.06 bits per heavy atom. The molecule has 4 heteroatoms. The first-order chi connectivity index (χ1) is 7.75. The van der Waals surface area contributed by atoms with Crippen molar-refractivity contribution >= 4 is 5.91 Å². The van der Waals surface area contributed by atoms with E-state index in [1.807, 2.05) is 37.3 Å². The van der Waals surface area contributed by atoms with Crippen molar-refractivity contribution in [1.29, 1.82) is 0 Å². The third kappa shape index (κ3) is 2.48. The van der Waals surface area contributed by atoms with Crippen LogP contribution in [0.25, 0.3) is 0 Å². The first kappa shape index (κ1) is 10.4. The van der Waals surface area contributed by atoms with E-state index in [1.165, 1.54) is 4.68 Å². The van der Waals surface area contributed by atoms with Crippen LogP contribution >= 0.6 is 0 Å². The first-order valence-corrected chi connectivity index (χ1v) is 4.99. The fraction of sp³-hybridized carbons (Fsp3) is 0.167. The molecule has 0 N–H and O–H groups in total. The normalized spacial score (nSPS) is 10.1. The number of ether oxygens (including phenoxy) is 1. The van der Waals surface area contributed by atoms with Crippen molar-refractivity contribution in [2.24, 2.45) is 0 Å². The zero-order valence-electron chi connectivity index (χ0n) is 8.96. The van der Waals surface area contributed by atoms with Crippen LogP contribution in [-0.2, 0) is 0 Å². The number of hydrogen-bond donors (Lipinski definition) is 0. The SMILES string of the molecule is Cc1ccn(C(=O)COc2ccccc2)n1. The van der Waals surface area contributed by atoms with E-state index in [0.29, 0.717) is 5.75 Å². The summed E-state index contributed by atoms with van der Waals surface area (Å²) in [6.45, 7) is 1.83. The van der Waals surface area contributed by atoms with E-state index in [9.17, 15) is 4.79 Å². The summed E-state index contributed by atoms with van der Waals surface area (Å²) in [7, 11) is 0. The predicted molar refractivity (Wildman–Crippen MR) is 59.5 cm³/mol. The molecule has 0 aliphatic rings. The van der Waals surface area contributed by atoms with Crippen LogP contribution < -0.4 is 4.74 Å². The average Bonchev–Trinajstić information content (AvgIpc) is 2.74. The minimum Gasteiger partial charge on any atom is -0.484 e. The molecule has 1 aromatic heterocycles. The Kier molecular flexibility index (Phi) is 3.00. The predicted octanol–water partition coefficient (Wildman–Crippen LogP) is 1.91. The van der Waals surface area contributed by atoms with Gasteiger partial charge in [-0.05, 0) is 25.1 Å². The molecule has 0 aliphatic carbocycles. The summed E-state index contributed by atoms with van der Waals surface area (Å²) in [4.78, 5) is 11.6. The minimum atomic E-state index is -0.183. The second-order valence-electron chi connectivity index (χ2n) is 3.40. The third-order valence-electron chi connectivity index (χ3n) is 2.08. The van der Waals surface area contributed by atoms with Gasteiger partial charge >= 0.3 is 0 Å². The molecule has 0 saturated carbocycles. The maximum absolute atomic E-state index is 11.6. The van der Waals surface area contributed by atoms with Crippen molar-refractivity contribution in [3.05, 3.63) is 48.3 Å². The molecule has 2 aromatic rings. The standard InChI is InChI=1S/C12H12N2O2/c1-10-7-8-14(13-10)12(15)9-16-11-5-3-2-4-6-11/h2-8H,9H2,1H3. The number of aryl methyl sites for hydroxylation is 1. The summed E-state index contributed by atoms with van der Waals surface area (Å²) in [6.07, 6.45) is 1.63. The molecule has 0 saturated heterocycles.